The van der Waals surface area contributed by atoms with Gasteiger partial charge in [0.2, 0.25) is 0 Å². The van der Waals surface area contributed by atoms with Gasteiger partial charge in [-0.05, 0) is 38.8 Å². The molecule has 3 heterocycles. The largest absolute Gasteiger partial charge is 0.497 e. The summed E-state index contributed by atoms with van der Waals surface area (Å²) in [5, 5.41) is 8.59. The van der Waals surface area contributed by atoms with Crippen molar-refractivity contribution in [3.05, 3.63) is 47.1 Å². The van der Waals surface area contributed by atoms with Crippen LogP contribution in [0.5, 0.6) is 11.5 Å². The van der Waals surface area contributed by atoms with Crippen LogP contribution in [0, 0.1) is 0 Å². The van der Waals surface area contributed by atoms with Crippen LogP contribution in [0.25, 0.3) is 22.3 Å². The molecule has 3 aromatic heterocycles. The summed E-state index contributed by atoms with van der Waals surface area (Å²) in [6.45, 7) is 4.82. The van der Waals surface area contributed by atoms with Crippen LogP contribution in [-0.4, -0.2) is 54.1 Å². The molecule has 0 unspecified atom stereocenters. The molecule has 0 amide bonds. The highest BCUT2D eigenvalue weighted by molar-refractivity contribution is 6.07. The van der Waals surface area contributed by atoms with Crippen LogP contribution >= 0.6 is 0 Å². The zero-order valence-corrected chi connectivity index (χ0v) is 23.0. The second-order valence-electron chi connectivity index (χ2n) is 9.71. The lowest BCUT2D eigenvalue weighted by Gasteiger charge is -2.14. The smallest absolute Gasteiger partial charge is 0.343 e. The highest BCUT2D eigenvalue weighted by Gasteiger charge is 2.38. The molecule has 0 aliphatic heterocycles. The number of nitrogens with one attached hydrogen (secondary N) is 1. The number of rotatable bonds is 11. The van der Waals surface area contributed by atoms with Gasteiger partial charge in [0.15, 0.2) is 5.76 Å². The molecule has 0 atom stereocenters. The predicted octanol–water partition coefficient (Wildman–Crippen LogP) is 5.11. The van der Waals surface area contributed by atoms with Gasteiger partial charge in [-0.3, -0.25) is 0 Å². The number of methoxy groups -OCH3 is 4. The number of anilines is 1. The van der Waals surface area contributed by atoms with Crippen molar-refractivity contribution in [2.24, 2.45) is 0 Å². The van der Waals surface area contributed by atoms with Gasteiger partial charge >= 0.3 is 5.97 Å². The Bertz CT molecular complexity index is 1500. The predicted molar refractivity (Wildman–Crippen MR) is 144 cm³/mol. The van der Waals surface area contributed by atoms with Gasteiger partial charge < -0.3 is 33.4 Å². The quantitative estimate of drug-likeness (QED) is 0.259. The molecule has 39 heavy (non-hydrogen) atoms. The van der Waals surface area contributed by atoms with Gasteiger partial charge in [-0.2, -0.15) is 0 Å². The van der Waals surface area contributed by atoms with Crippen molar-refractivity contribution < 1.29 is 28.3 Å². The first-order chi connectivity index (χ1) is 18.9. The summed E-state index contributed by atoms with van der Waals surface area (Å²) >= 11 is 0. The Morgan fingerprint density at radius 1 is 1.15 bits per heavy atom. The SMILES string of the molecule is COCc1c(-c2noc(C3CC3)c2C(=O)OC)c2c(NCc3ccc(OC)cc3OC)ncnc2n1C(C)C. The zero-order valence-electron chi connectivity index (χ0n) is 23.0. The van der Waals surface area contributed by atoms with Gasteiger partial charge in [0, 0.05) is 42.8 Å². The molecule has 0 radical (unpaired) electrons. The molecule has 5 rings (SSSR count). The summed E-state index contributed by atoms with van der Waals surface area (Å²) in [7, 11) is 6.23. The third-order valence-electron chi connectivity index (χ3n) is 6.92. The maximum atomic E-state index is 13.1. The Morgan fingerprint density at radius 2 is 1.95 bits per heavy atom. The van der Waals surface area contributed by atoms with Crippen LogP contribution in [0.3, 0.4) is 0 Å². The van der Waals surface area contributed by atoms with Crippen molar-refractivity contribution in [1.82, 2.24) is 19.7 Å². The van der Waals surface area contributed by atoms with E-state index in [9.17, 15) is 4.79 Å². The van der Waals surface area contributed by atoms with E-state index in [-0.39, 0.29) is 18.6 Å². The van der Waals surface area contributed by atoms with E-state index in [4.69, 9.17) is 23.5 Å². The monoisotopic (exact) mass is 535 g/mol. The fourth-order valence-electron chi connectivity index (χ4n) is 4.98. The Balaban J connectivity index is 1.71. The number of carbonyl (C=O) groups excluding carboxylic acids is 1. The third-order valence-corrected chi connectivity index (χ3v) is 6.92. The van der Waals surface area contributed by atoms with Crippen molar-refractivity contribution in [2.75, 3.05) is 33.8 Å². The summed E-state index contributed by atoms with van der Waals surface area (Å²) in [4.78, 5) is 22.3. The normalized spacial score (nSPS) is 13.2. The van der Waals surface area contributed by atoms with Crippen LogP contribution in [0.15, 0.2) is 29.0 Å². The molecule has 206 valence electrons. The van der Waals surface area contributed by atoms with Crippen LogP contribution in [0.1, 0.15) is 66.0 Å². The Labute approximate surface area is 226 Å². The van der Waals surface area contributed by atoms with Gasteiger partial charge in [-0.1, -0.05) is 5.16 Å². The van der Waals surface area contributed by atoms with Crippen molar-refractivity contribution in [3.63, 3.8) is 0 Å². The topological polar surface area (TPSA) is 123 Å². The number of esters is 1. The molecule has 11 heteroatoms. The van der Waals surface area contributed by atoms with Gasteiger partial charge in [-0.25, -0.2) is 14.8 Å². The van der Waals surface area contributed by atoms with Gasteiger partial charge in [0.05, 0.1) is 39.0 Å². The summed E-state index contributed by atoms with van der Waals surface area (Å²) in [6.07, 6.45) is 3.41. The van der Waals surface area contributed by atoms with E-state index in [0.29, 0.717) is 57.5 Å². The van der Waals surface area contributed by atoms with Crippen LogP contribution in [0.4, 0.5) is 5.82 Å². The number of nitrogens with zero attached hydrogens (tertiary/aromatic N) is 4. The summed E-state index contributed by atoms with van der Waals surface area (Å²) in [5.74, 6) is 2.19. The van der Waals surface area contributed by atoms with E-state index in [0.717, 1.165) is 24.1 Å². The number of benzene rings is 1. The number of aromatic nitrogens is 4. The Hall–Kier alpha value is -4.12. The minimum atomic E-state index is -0.490. The average molecular weight is 536 g/mol. The van der Waals surface area contributed by atoms with Crippen molar-refractivity contribution >= 4 is 22.8 Å². The molecule has 1 saturated carbocycles. The molecule has 1 aliphatic rings. The van der Waals surface area contributed by atoms with Crippen molar-refractivity contribution in [3.8, 4) is 22.8 Å². The molecule has 1 aliphatic carbocycles. The average Bonchev–Trinajstić information content (AvgIpc) is 3.61. The lowest BCUT2D eigenvalue weighted by molar-refractivity contribution is 0.0599. The van der Waals surface area contributed by atoms with E-state index in [2.05, 4.69) is 38.9 Å². The fourth-order valence-corrected chi connectivity index (χ4v) is 4.98. The van der Waals surface area contributed by atoms with E-state index in [1.165, 1.54) is 13.4 Å². The standard InChI is InChI=1S/C28H33N5O6/c1-15(2)33-19(13-35-3)21(24-23(28(34)38-6)25(39-32-24)16-7-8-16)22-26(30-14-31-27(22)33)29-12-17-9-10-18(36-4)11-20(17)37-5/h9-11,14-16H,7-8,12-13H2,1-6H3,(H,29,30,31). The number of hydrogen-bond donors (Lipinski definition) is 1. The van der Waals surface area contributed by atoms with Gasteiger partial charge in [-0.15, -0.1) is 0 Å². The first-order valence-electron chi connectivity index (χ1n) is 12.8. The van der Waals surface area contributed by atoms with Crippen molar-refractivity contribution in [2.45, 2.75) is 51.8 Å². The summed E-state index contributed by atoms with van der Waals surface area (Å²) in [5.41, 5.74) is 3.85. The van der Waals surface area contributed by atoms with E-state index in [1.807, 2.05) is 18.2 Å². The Morgan fingerprint density at radius 3 is 2.59 bits per heavy atom. The van der Waals surface area contributed by atoms with E-state index in [1.54, 1.807) is 21.3 Å². The van der Waals surface area contributed by atoms with E-state index >= 15 is 0 Å². The van der Waals surface area contributed by atoms with Crippen LogP contribution in [-0.2, 0) is 22.6 Å². The summed E-state index contributed by atoms with van der Waals surface area (Å²) < 4.78 is 29.6. The Kier molecular flexibility index (Phi) is 7.42. The maximum Gasteiger partial charge on any atom is 0.343 e. The van der Waals surface area contributed by atoms with E-state index < -0.39 is 5.97 Å². The van der Waals surface area contributed by atoms with Gasteiger partial charge in [0.25, 0.3) is 0 Å². The lowest BCUT2D eigenvalue weighted by atomic mass is 10.0. The molecule has 11 nitrogen and oxygen atoms in total. The molecule has 0 spiro atoms. The molecule has 0 bridgehead atoms. The second-order valence-corrected chi connectivity index (χ2v) is 9.71. The summed E-state index contributed by atoms with van der Waals surface area (Å²) in [6, 6.07) is 5.69. The number of ether oxygens (including phenoxy) is 4. The molecule has 0 saturated heterocycles. The molecule has 1 fully saturated rings. The molecule has 1 aromatic carbocycles. The molecule has 1 N–H and O–H groups in total. The van der Waals surface area contributed by atoms with Crippen molar-refractivity contribution in [1.29, 1.82) is 0 Å². The first-order valence-corrected chi connectivity index (χ1v) is 12.8. The number of fused-ring (bicyclic) bond motifs is 1. The van der Waals surface area contributed by atoms with Crippen LogP contribution in [0.2, 0.25) is 0 Å². The minimum absolute atomic E-state index is 0.0345. The minimum Gasteiger partial charge on any atom is -0.497 e. The third kappa shape index (κ3) is 4.78. The molecular weight excluding hydrogens is 502 g/mol. The lowest BCUT2D eigenvalue weighted by Crippen LogP contribution is -2.09. The molecular formula is C28H33N5O6. The van der Waals surface area contributed by atoms with Gasteiger partial charge in [0.1, 0.15) is 40.5 Å². The first kappa shape index (κ1) is 26.5. The fraction of sp³-hybridized carbons (Fsp3) is 0.429. The second kappa shape index (κ2) is 10.9. The highest BCUT2D eigenvalue weighted by atomic mass is 16.5. The maximum absolute atomic E-state index is 13.1. The highest BCUT2D eigenvalue weighted by Crippen LogP contribution is 2.47. The van der Waals surface area contributed by atoms with Crippen LogP contribution < -0.4 is 14.8 Å². The zero-order chi connectivity index (χ0) is 27.7. The molecule has 4 aromatic rings. The number of carbonyl (C=O) groups is 1. The number of hydrogen-bond acceptors (Lipinski definition) is 10.